The number of aryl methyl sites for hydroxylation is 1. The summed E-state index contributed by atoms with van der Waals surface area (Å²) in [5.74, 6) is 0.0843. The first-order valence-corrected chi connectivity index (χ1v) is 7.65. The standard InChI is InChI=1S/C17H29N3O/c1-12-9-10-15(11-16(12)20(4)5)19-17(21)13(2)7-6-8-14(3)18/h9-11,13-14H,6-8,18H2,1-5H3,(H,19,21). The number of carbonyl (C=O) groups excluding carboxylic acids is 1. The molecule has 1 aromatic carbocycles. The first-order chi connectivity index (χ1) is 9.81. The number of anilines is 2. The van der Waals surface area contributed by atoms with Crippen molar-refractivity contribution in [2.75, 3.05) is 24.3 Å². The molecule has 118 valence electrons. The molecule has 0 aliphatic rings. The maximum Gasteiger partial charge on any atom is 0.227 e. The van der Waals surface area contributed by atoms with Gasteiger partial charge < -0.3 is 16.0 Å². The fourth-order valence-electron chi connectivity index (χ4n) is 2.31. The summed E-state index contributed by atoms with van der Waals surface area (Å²) in [7, 11) is 4.01. The molecule has 0 fully saturated rings. The van der Waals surface area contributed by atoms with E-state index in [-0.39, 0.29) is 17.9 Å². The predicted octanol–water partition coefficient (Wildman–Crippen LogP) is 3.15. The third kappa shape index (κ3) is 5.76. The lowest BCUT2D eigenvalue weighted by Crippen LogP contribution is -2.22. The Balaban J connectivity index is 2.60. The van der Waals surface area contributed by atoms with E-state index in [2.05, 4.69) is 17.1 Å². The molecule has 3 N–H and O–H groups in total. The highest BCUT2D eigenvalue weighted by atomic mass is 16.1. The second-order valence-corrected chi connectivity index (χ2v) is 6.19. The van der Waals surface area contributed by atoms with Gasteiger partial charge in [0.15, 0.2) is 0 Å². The van der Waals surface area contributed by atoms with Crippen LogP contribution in [0.5, 0.6) is 0 Å². The van der Waals surface area contributed by atoms with Gasteiger partial charge in [-0.25, -0.2) is 0 Å². The van der Waals surface area contributed by atoms with E-state index in [1.807, 2.05) is 46.1 Å². The monoisotopic (exact) mass is 291 g/mol. The minimum atomic E-state index is 0.00728. The highest BCUT2D eigenvalue weighted by molar-refractivity contribution is 5.92. The Bertz CT molecular complexity index is 469. The van der Waals surface area contributed by atoms with Crippen LogP contribution < -0.4 is 16.0 Å². The van der Waals surface area contributed by atoms with Gasteiger partial charge in [0, 0.05) is 37.4 Å². The molecule has 0 bridgehead atoms. The average molecular weight is 291 g/mol. The molecule has 0 aromatic heterocycles. The lowest BCUT2D eigenvalue weighted by Gasteiger charge is -2.18. The van der Waals surface area contributed by atoms with E-state index in [0.717, 1.165) is 30.6 Å². The van der Waals surface area contributed by atoms with Gasteiger partial charge in [0.2, 0.25) is 5.91 Å². The van der Waals surface area contributed by atoms with Crippen LogP contribution in [0.3, 0.4) is 0 Å². The number of rotatable bonds is 7. The fraction of sp³-hybridized carbons (Fsp3) is 0.588. The molecule has 1 aromatic rings. The largest absolute Gasteiger partial charge is 0.377 e. The fourth-order valence-corrected chi connectivity index (χ4v) is 2.31. The Morgan fingerprint density at radius 3 is 2.52 bits per heavy atom. The zero-order valence-electron chi connectivity index (χ0n) is 13.9. The lowest BCUT2D eigenvalue weighted by atomic mass is 10.0. The van der Waals surface area contributed by atoms with Gasteiger partial charge in [0.25, 0.3) is 0 Å². The van der Waals surface area contributed by atoms with Crippen LogP contribution >= 0.6 is 0 Å². The minimum Gasteiger partial charge on any atom is -0.377 e. The molecule has 2 atom stereocenters. The number of amides is 1. The van der Waals surface area contributed by atoms with Crippen molar-refractivity contribution >= 4 is 17.3 Å². The second kappa shape index (κ2) is 8.03. The van der Waals surface area contributed by atoms with Crippen LogP contribution in [-0.2, 0) is 4.79 Å². The summed E-state index contributed by atoms with van der Waals surface area (Å²) >= 11 is 0. The summed E-state index contributed by atoms with van der Waals surface area (Å²) in [6.45, 7) is 6.04. The van der Waals surface area contributed by atoms with Gasteiger partial charge in [0.1, 0.15) is 0 Å². The first kappa shape index (κ1) is 17.5. The molecule has 4 nitrogen and oxygen atoms in total. The Morgan fingerprint density at radius 2 is 1.95 bits per heavy atom. The molecule has 0 spiro atoms. The molecule has 0 radical (unpaired) electrons. The van der Waals surface area contributed by atoms with E-state index in [9.17, 15) is 4.79 Å². The van der Waals surface area contributed by atoms with Crippen LogP contribution in [0.1, 0.15) is 38.7 Å². The molecular weight excluding hydrogens is 262 g/mol. The third-order valence-electron chi connectivity index (χ3n) is 3.70. The minimum absolute atomic E-state index is 0.00728. The van der Waals surface area contributed by atoms with Crippen LogP contribution in [0.15, 0.2) is 18.2 Å². The van der Waals surface area contributed by atoms with Crippen molar-refractivity contribution in [2.24, 2.45) is 11.7 Å². The number of carbonyl (C=O) groups is 1. The number of nitrogens with one attached hydrogen (secondary N) is 1. The van der Waals surface area contributed by atoms with Gasteiger partial charge in [-0.05, 0) is 44.4 Å². The molecule has 4 heteroatoms. The molecule has 0 aliphatic heterocycles. The Labute approximate surface area is 128 Å². The Morgan fingerprint density at radius 1 is 1.29 bits per heavy atom. The summed E-state index contributed by atoms with van der Waals surface area (Å²) in [6, 6.07) is 6.21. The molecule has 0 heterocycles. The van der Waals surface area contributed by atoms with Gasteiger partial charge >= 0.3 is 0 Å². The topological polar surface area (TPSA) is 58.4 Å². The van der Waals surface area contributed by atoms with Gasteiger partial charge in [-0.2, -0.15) is 0 Å². The van der Waals surface area contributed by atoms with Crippen molar-refractivity contribution in [3.8, 4) is 0 Å². The van der Waals surface area contributed by atoms with Crippen LogP contribution in [0, 0.1) is 12.8 Å². The van der Waals surface area contributed by atoms with Crippen LogP contribution in [0.2, 0.25) is 0 Å². The highest BCUT2D eigenvalue weighted by Gasteiger charge is 2.13. The number of benzene rings is 1. The third-order valence-corrected chi connectivity index (χ3v) is 3.70. The SMILES string of the molecule is Cc1ccc(NC(=O)C(C)CCCC(C)N)cc1N(C)C. The quantitative estimate of drug-likeness (QED) is 0.811. The van der Waals surface area contributed by atoms with Crippen molar-refractivity contribution in [3.63, 3.8) is 0 Å². The summed E-state index contributed by atoms with van der Waals surface area (Å²) in [4.78, 5) is 14.3. The molecular formula is C17H29N3O. The summed E-state index contributed by atoms with van der Waals surface area (Å²) < 4.78 is 0. The molecule has 0 saturated carbocycles. The van der Waals surface area contributed by atoms with Crippen molar-refractivity contribution in [1.82, 2.24) is 0 Å². The summed E-state index contributed by atoms with van der Waals surface area (Å²) in [5, 5.41) is 3.01. The highest BCUT2D eigenvalue weighted by Crippen LogP contribution is 2.23. The van der Waals surface area contributed by atoms with E-state index >= 15 is 0 Å². The smallest absolute Gasteiger partial charge is 0.227 e. The lowest BCUT2D eigenvalue weighted by molar-refractivity contribution is -0.119. The van der Waals surface area contributed by atoms with Crippen molar-refractivity contribution in [1.29, 1.82) is 0 Å². The number of hydrogen-bond donors (Lipinski definition) is 2. The van der Waals surface area contributed by atoms with Crippen molar-refractivity contribution in [3.05, 3.63) is 23.8 Å². The molecule has 0 aliphatic carbocycles. The van der Waals surface area contributed by atoms with E-state index < -0.39 is 0 Å². The average Bonchev–Trinajstić information content (AvgIpc) is 2.40. The van der Waals surface area contributed by atoms with Gasteiger partial charge in [0.05, 0.1) is 0 Å². The first-order valence-electron chi connectivity index (χ1n) is 7.65. The zero-order valence-corrected chi connectivity index (χ0v) is 13.9. The maximum atomic E-state index is 12.2. The molecule has 21 heavy (non-hydrogen) atoms. The van der Waals surface area contributed by atoms with Crippen LogP contribution in [-0.4, -0.2) is 26.0 Å². The Hall–Kier alpha value is -1.55. The van der Waals surface area contributed by atoms with Gasteiger partial charge in [-0.15, -0.1) is 0 Å². The summed E-state index contributed by atoms with van der Waals surface area (Å²) in [5.41, 5.74) is 8.91. The maximum absolute atomic E-state index is 12.2. The van der Waals surface area contributed by atoms with Gasteiger partial charge in [-0.3, -0.25) is 4.79 Å². The second-order valence-electron chi connectivity index (χ2n) is 6.19. The Kier molecular flexibility index (Phi) is 6.69. The van der Waals surface area contributed by atoms with E-state index in [1.54, 1.807) is 0 Å². The van der Waals surface area contributed by atoms with Crippen molar-refractivity contribution in [2.45, 2.75) is 46.1 Å². The zero-order chi connectivity index (χ0) is 16.0. The van der Waals surface area contributed by atoms with Crippen LogP contribution in [0.4, 0.5) is 11.4 Å². The number of nitrogens with two attached hydrogens (primary N) is 1. The van der Waals surface area contributed by atoms with E-state index in [0.29, 0.717) is 0 Å². The number of hydrogen-bond acceptors (Lipinski definition) is 3. The molecule has 1 amide bonds. The van der Waals surface area contributed by atoms with E-state index in [1.165, 1.54) is 5.56 Å². The molecule has 1 rings (SSSR count). The normalized spacial score (nSPS) is 13.6. The number of nitrogens with zero attached hydrogens (tertiary/aromatic N) is 1. The summed E-state index contributed by atoms with van der Waals surface area (Å²) in [6.07, 6.45) is 2.83. The van der Waals surface area contributed by atoms with E-state index in [4.69, 9.17) is 5.73 Å². The molecule has 0 saturated heterocycles. The predicted molar refractivity (Wildman–Crippen MR) is 90.8 cm³/mol. The van der Waals surface area contributed by atoms with Gasteiger partial charge in [-0.1, -0.05) is 19.4 Å². The van der Waals surface area contributed by atoms with Crippen molar-refractivity contribution < 1.29 is 4.79 Å². The molecule has 2 unspecified atom stereocenters. The van der Waals surface area contributed by atoms with Crippen LogP contribution in [0.25, 0.3) is 0 Å².